The van der Waals surface area contributed by atoms with Crippen LogP contribution < -0.4 is 0 Å². The van der Waals surface area contributed by atoms with Gasteiger partial charge < -0.3 is 4.42 Å². The Morgan fingerprint density at radius 2 is 1.10 bits per heavy atom. The first-order chi connectivity index (χ1) is 25.1. The summed E-state index contributed by atoms with van der Waals surface area (Å²) >= 11 is 1.82. The third kappa shape index (κ3) is 4.03. The number of fused-ring (bicyclic) bond motifs is 10. The zero-order valence-electron chi connectivity index (χ0n) is 28.3. The van der Waals surface area contributed by atoms with Crippen LogP contribution in [0.1, 0.15) is 25.0 Å². The van der Waals surface area contributed by atoms with Gasteiger partial charge in [-0.05, 0) is 102 Å². The quantitative estimate of drug-likeness (QED) is 0.171. The molecule has 2 heterocycles. The van der Waals surface area contributed by atoms with E-state index in [0.29, 0.717) is 0 Å². The Bertz CT molecular complexity index is 3000. The topological polar surface area (TPSA) is 13.1 Å². The molecule has 0 N–H and O–H groups in total. The van der Waals surface area contributed by atoms with Crippen LogP contribution in [0, 0.1) is 0 Å². The standard InChI is InChI=1S/C49H32OS/c1-49(2)42-20-9-7-14-32(42)38-23-24-39-40-27-30(22-25-43(40)50-48(39)47(38)49)29-12-11-13-31(26-29)45-34-16-3-5-18-36(34)46(37-19-6-4-17-35(37)45)41-28-51-44-21-10-8-15-33(41)44/h3-28H,1-2H3. The molecule has 0 fully saturated rings. The second-order valence-electron chi connectivity index (χ2n) is 14.4. The van der Waals surface area contributed by atoms with Crippen molar-refractivity contribution in [3.05, 3.63) is 168 Å². The summed E-state index contributed by atoms with van der Waals surface area (Å²) in [5.74, 6) is 0. The van der Waals surface area contributed by atoms with Gasteiger partial charge in [-0.3, -0.25) is 0 Å². The van der Waals surface area contributed by atoms with Crippen LogP contribution in [0.2, 0.25) is 0 Å². The van der Waals surface area contributed by atoms with Crippen molar-refractivity contribution in [3.63, 3.8) is 0 Å². The first-order valence-electron chi connectivity index (χ1n) is 17.7. The minimum absolute atomic E-state index is 0.131. The van der Waals surface area contributed by atoms with Crippen molar-refractivity contribution in [2.24, 2.45) is 0 Å². The van der Waals surface area contributed by atoms with Crippen molar-refractivity contribution in [1.82, 2.24) is 0 Å². The fourth-order valence-corrected chi connectivity index (χ4v) is 9.97. The molecule has 1 nitrogen and oxygen atoms in total. The van der Waals surface area contributed by atoms with Crippen LogP contribution in [-0.4, -0.2) is 0 Å². The molecule has 0 atom stereocenters. The maximum absolute atomic E-state index is 6.71. The lowest BCUT2D eigenvalue weighted by atomic mass is 9.82. The third-order valence-electron chi connectivity index (χ3n) is 11.3. The van der Waals surface area contributed by atoms with Gasteiger partial charge in [0.25, 0.3) is 0 Å². The monoisotopic (exact) mass is 668 g/mol. The molecule has 0 radical (unpaired) electrons. The molecule has 0 saturated carbocycles. The minimum Gasteiger partial charge on any atom is -0.456 e. The summed E-state index contributed by atoms with van der Waals surface area (Å²) in [6, 6.07) is 55.8. The Morgan fingerprint density at radius 1 is 0.451 bits per heavy atom. The summed E-state index contributed by atoms with van der Waals surface area (Å²) in [6.07, 6.45) is 0. The molecule has 8 aromatic carbocycles. The van der Waals surface area contributed by atoms with Gasteiger partial charge in [0, 0.05) is 37.4 Å². The Labute approximate surface area is 300 Å². The Morgan fingerprint density at radius 3 is 1.88 bits per heavy atom. The zero-order chi connectivity index (χ0) is 33.8. The lowest BCUT2D eigenvalue weighted by Crippen LogP contribution is -2.15. The van der Waals surface area contributed by atoms with E-state index in [1.807, 2.05) is 11.3 Å². The van der Waals surface area contributed by atoms with Crippen molar-refractivity contribution in [1.29, 1.82) is 0 Å². The van der Waals surface area contributed by atoms with Gasteiger partial charge in [0.2, 0.25) is 0 Å². The normalized spacial score (nSPS) is 13.5. The van der Waals surface area contributed by atoms with Crippen LogP contribution in [0.3, 0.4) is 0 Å². The minimum atomic E-state index is -0.131. The van der Waals surface area contributed by atoms with Crippen molar-refractivity contribution in [3.8, 4) is 44.5 Å². The van der Waals surface area contributed by atoms with Crippen LogP contribution in [0.4, 0.5) is 0 Å². The summed E-state index contributed by atoms with van der Waals surface area (Å²) in [5.41, 5.74) is 14.6. The summed E-state index contributed by atoms with van der Waals surface area (Å²) in [7, 11) is 0. The molecule has 1 aliphatic carbocycles. The summed E-state index contributed by atoms with van der Waals surface area (Å²) in [5, 5.41) is 11.1. The predicted octanol–water partition coefficient (Wildman–Crippen LogP) is 14.4. The molecule has 1 aliphatic rings. The summed E-state index contributed by atoms with van der Waals surface area (Å²) < 4.78 is 8.03. The number of rotatable bonds is 3. The number of benzene rings is 8. The van der Waals surface area contributed by atoms with Gasteiger partial charge in [-0.15, -0.1) is 11.3 Å². The van der Waals surface area contributed by atoms with Gasteiger partial charge in [-0.2, -0.15) is 0 Å². The van der Waals surface area contributed by atoms with Gasteiger partial charge in [-0.25, -0.2) is 0 Å². The van der Waals surface area contributed by atoms with E-state index in [1.165, 1.54) is 92.7 Å². The molecule has 51 heavy (non-hydrogen) atoms. The number of hydrogen-bond donors (Lipinski definition) is 0. The molecule has 0 bridgehead atoms. The predicted molar refractivity (Wildman–Crippen MR) is 218 cm³/mol. The molecule has 0 spiro atoms. The summed E-state index contributed by atoms with van der Waals surface area (Å²) in [4.78, 5) is 0. The maximum Gasteiger partial charge on any atom is 0.140 e. The lowest BCUT2D eigenvalue weighted by Gasteiger charge is -2.21. The third-order valence-corrected chi connectivity index (χ3v) is 12.3. The van der Waals surface area contributed by atoms with Crippen LogP contribution >= 0.6 is 11.3 Å². The zero-order valence-corrected chi connectivity index (χ0v) is 29.1. The van der Waals surface area contributed by atoms with Crippen LogP contribution in [-0.2, 0) is 5.41 Å². The van der Waals surface area contributed by atoms with E-state index in [9.17, 15) is 0 Å². The largest absolute Gasteiger partial charge is 0.456 e. The van der Waals surface area contributed by atoms with Gasteiger partial charge in [0.1, 0.15) is 11.2 Å². The average Bonchev–Trinajstić information content (AvgIpc) is 3.84. The highest BCUT2D eigenvalue weighted by molar-refractivity contribution is 7.17. The second-order valence-corrected chi connectivity index (χ2v) is 15.3. The van der Waals surface area contributed by atoms with E-state index in [-0.39, 0.29) is 5.41 Å². The van der Waals surface area contributed by atoms with E-state index in [0.717, 1.165) is 16.6 Å². The van der Waals surface area contributed by atoms with Crippen LogP contribution in [0.25, 0.3) is 98.1 Å². The molecule has 2 heteroatoms. The molecule has 0 unspecified atom stereocenters. The molecule has 11 rings (SSSR count). The van der Waals surface area contributed by atoms with Gasteiger partial charge >= 0.3 is 0 Å². The van der Waals surface area contributed by atoms with E-state index >= 15 is 0 Å². The van der Waals surface area contributed by atoms with Crippen molar-refractivity contribution in [2.45, 2.75) is 19.3 Å². The maximum atomic E-state index is 6.71. The number of thiophene rings is 1. The molecule has 0 aliphatic heterocycles. The Balaban J connectivity index is 1.10. The van der Waals surface area contributed by atoms with E-state index < -0.39 is 0 Å². The molecular weight excluding hydrogens is 637 g/mol. The van der Waals surface area contributed by atoms with E-state index in [1.54, 1.807) is 0 Å². The smallest absolute Gasteiger partial charge is 0.140 e. The highest BCUT2D eigenvalue weighted by Gasteiger charge is 2.38. The molecule has 0 amide bonds. The average molecular weight is 669 g/mol. The highest BCUT2D eigenvalue weighted by atomic mass is 32.1. The molecule has 0 saturated heterocycles. The molecular formula is C49H32OS. The molecule has 240 valence electrons. The van der Waals surface area contributed by atoms with E-state index in [2.05, 4.69) is 171 Å². The molecule has 10 aromatic rings. The SMILES string of the molecule is CC1(C)c2ccccc2-c2ccc3c(oc4ccc(-c5cccc(-c6c7ccccc7c(-c7csc8ccccc78)c7ccccc67)c5)cc43)c21. The van der Waals surface area contributed by atoms with Gasteiger partial charge in [-0.1, -0.05) is 135 Å². The number of furan rings is 1. The molecule has 2 aromatic heterocycles. The van der Waals surface area contributed by atoms with Crippen LogP contribution in [0.5, 0.6) is 0 Å². The lowest BCUT2D eigenvalue weighted by molar-refractivity contribution is 0.620. The summed E-state index contributed by atoms with van der Waals surface area (Å²) in [6.45, 7) is 4.65. The Kier molecular flexibility index (Phi) is 5.95. The number of hydrogen-bond acceptors (Lipinski definition) is 2. The van der Waals surface area contributed by atoms with Crippen molar-refractivity contribution >= 4 is 64.9 Å². The second kappa shape index (κ2) is 10.5. The van der Waals surface area contributed by atoms with Crippen molar-refractivity contribution in [2.75, 3.05) is 0 Å². The first kappa shape index (κ1) is 28.8. The fraction of sp³-hybridized carbons (Fsp3) is 0.0612. The fourth-order valence-electron chi connectivity index (χ4n) is 9.02. The highest BCUT2D eigenvalue weighted by Crippen LogP contribution is 2.53. The first-order valence-corrected chi connectivity index (χ1v) is 18.5. The van der Waals surface area contributed by atoms with Gasteiger partial charge in [0.15, 0.2) is 0 Å². The van der Waals surface area contributed by atoms with Crippen LogP contribution in [0.15, 0.2) is 161 Å². The Hall–Kier alpha value is -5.96. The van der Waals surface area contributed by atoms with Crippen molar-refractivity contribution < 1.29 is 4.42 Å². The van der Waals surface area contributed by atoms with Gasteiger partial charge in [0.05, 0.1) is 0 Å². The van der Waals surface area contributed by atoms with E-state index in [4.69, 9.17) is 4.42 Å².